The van der Waals surface area contributed by atoms with Crippen molar-refractivity contribution in [1.29, 1.82) is 5.26 Å². The van der Waals surface area contributed by atoms with E-state index in [2.05, 4.69) is 31.4 Å². The Kier molecular flexibility index (Phi) is 3.61. The van der Waals surface area contributed by atoms with Gasteiger partial charge in [0.15, 0.2) is 6.10 Å². The number of morpholine rings is 1. The summed E-state index contributed by atoms with van der Waals surface area (Å²) in [6.45, 7) is 1.53. The van der Waals surface area contributed by atoms with Crippen molar-refractivity contribution in [2.24, 2.45) is 0 Å². The summed E-state index contributed by atoms with van der Waals surface area (Å²) in [5.41, 5.74) is 0. The largest absolute Gasteiger partial charge is 0.360 e. The summed E-state index contributed by atoms with van der Waals surface area (Å²) in [6.07, 6.45) is 2.94. The molecule has 1 aliphatic rings. The number of anilines is 2. The number of rotatable bonds is 3. The molecule has 0 aliphatic carbocycles. The van der Waals surface area contributed by atoms with Gasteiger partial charge in [-0.1, -0.05) is 0 Å². The molecule has 0 spiro atoms. The minimum absolute atomic E-state index is 0.425. The van der Waals surface area contributed by atoms with E-state index in [0.29, 0.717) is 37.5 Å². The number of ether oxygens (including phenoxy) is 1. The van der Waals surface area contributed by atoms with Gasteiger partial charge in [0.2, 0.25) is 11.9 Å². The highest BCUT2D eigenvalue weighted by Crippen LogP contribution is 2.16. The van der Waals surface area contributed by atoms with Gasteiger partial charge >= 0.3 is 0 Å². The zero-order chi connectivity index (χ0) is 14.7. The molecule has 9 heteroatoms. The summed E-state index contributed by atoms with van der Waals surface area (Å²) >= 11 is 0. The zero-order valence-electron chi connectivity index (χ0n) is 11.5. The topological polar surface area (TPSA) is 105 Å². The number of hydrogen-bond acceptors (Lipinski definition) is 8. The first-order valence-corrected chi connectivity index (χ1v) is 6.50. The summed E-state index contributed by atoms with van der Waals surface area (Å²) in [4.78, 5) is 14.9. The molecule has 0 radical (unpaired) electrons. The number of nitrogens with zero attached hydrogens (tertiary/aromatic N) is 7. The summed E-state index contributed by atoms with van der Waals surface area (Å²) in [6, 6.07) is 3.90. The Morgan fingerprint density at radius 2 is 2.24 bits per heavy atom. The molecule has 2 aromatic rings. The summed E-state index contributed by atoms with van der Waals surface area (Å²) in [5.74, 6) is 1.38. The molecule has 108 valence electrons. The van der Waals surface area contributed by atoms with Crippen molar-refractivity contribution in [3.63, 3.8) is 0 Å². The normalized spacial score (nSPS) is 18.3. The predicted octanol–water partition coefficient (Wildman–Crippen LogP) is -0.172. The summed E-state index contributed by atoms with van der Waals surface area (Å²) in [5, 5.41) is 16.0. The Labute approximate surface area is 121 Å². The Morgan fingerprint density at radius 3 is 2.95 bits per heavy atom. The molecule has 21 heavy (non-hydrogen) atoms. The number of nitriles is 1. The average Bonchev–Trinajstić information content (AvgIpc) is 3.09. The van der Waals surface area contributed by atoms with E-state index in [0.717, 1.165) is 0 Å². The van der Waals surface area contributed by atoms with Crippen molar-refractivity contribution in [3.05, 3.63) is 18.5 Å². The molecule has 1 N–H and O–H groups in total. The molecule has 1 saturated heterocycles. The number of aromatic nitrogens is 5. The smallest absolute Gasteiger partial charge is 0.257 e. The van der Waals surface area contributed by atoms with Crippen LogP contribution < -0.4 is 10.2 Å². The van der Waals surface area contributed by atoms with Crippen molar-refractivity contribution in [2.75, 3.05) is 37.0 Å². The van der Waals surface area contributed by atoms with Crippen LogP contribution in [0.5, 0.6) is 0 Å². The van der Waals surface area contributed by atoms with Crippen LogP contribution in [0.2, 0.25) is 0 Å². The van der Waals surface area contributed by atoms with Gasteiger partial charge in [-0.15, -0.1) is 0 Å². The SMILES string of the molecule is CNc1nc(N2CCOC(C#N)C2)nc(-n2cccn2)n1. The first-order valence-electron chi connectivity index (χ1n) is 6.50. The molecule has 3 rings (SSSR count). The summed E-state index contributed by atoms with van der Waals surface area (Å²) in [7, 11) is 1.74. The highest BCUT2D eigenvalue weighted by atomic mass is 16.5. The van der Waals surface area contributed by atoms with Gasteiger partial charge in [-0.05, 0) is 6.07 Å². The second-order valence-electron chi connectivity index (χ2n) is 4.39. The maximum Gasteiger partial charge on any atom is 0.257 e. The van der Waals surface area contributed by atoms with E-state index >= 15 is 0 Å². The predicted molar refractivity (Wildman–Crippen MR) is 74.1 cm³/mol. The molecule has 1 fully saturated rings. The van der Waals surface area contributed by atoms with Gasteiger partial charge < -0.3 is 15.0 Å². The van der Waals surface area contributed by atoms with Crippen LogP contribution >= 0.6 is 0 Å². The number of hydrogen-bond donors (Lipinski definition) is 1. The van der Waals surface area contributed by atoms with Crippen LogP contribution in [0, 0.1) is 11.3 Å². The van der Waals surface area contributed by atoms with E-state index in [1.807, 2.05) is 4.90 Å². The molecule has 1 unspecified atom stereocenters. The van der Waals surface area contributed by atoms with E-state index < -0.39 is 6.10 Å². The molecular formula is C12H14N8O. The van der Waals surface area contributed by atoms with Crippen molar-refractivity contribution >= 4 is 11.9 Å². The Hall–Kier alpha value is -2.73. The lowest BCUT2D eigenvalue weighted by atomic mass is 10.3. The molecular weight excluding hydrogens is 272 g/mol. The molecule has 1 atom stereocenters. The third-order valence-electron chi connectivity index (χ3n) is 3.04. The van der Waals surface area contributed by atoms with Gasteiger partial charge in [0.05, 0.1) is 19.2 Å². The lowest BCUT2D eigenvalue weighted by molar-refractivity contribution is 0.0758. The first-order chi connectivity index (χ1) is 10.3. The van der Waals surface area contributed by atoms with Gasteiger partial charge in [-0.2, -0.15) is 25.3 Å². The number of nitrogens with one attached hydrogen (secondary N) is 1. The van der Waals surface area contributed by atoms with Gasteiger partial charge in [0, 0.05) is 26.0 Å². The van der Waals surface area contributed by atoms with Gasteiger partial charge in [0.25, 0.3) is 5.95 Å². The highest BCUT2D eigenvalue weighted by Gasteiger charge is 2.23. The Bertz CT molecular complexity index is 650. The molecule has 2 aromatic heterocycles. The average molecular weight is 286 g/mol. The van der Waals surface area contributed by atoms with Crippen LogP contribution in [0.25, 0.3) is 5.95 Å². The molecule has 0 bridgehead atoms. The molecule has 0 aromatic carbocycles. The van der Waals surface area contributed by atoms with E-state index in [1.54, 1.807) is 30.2 Å². The second kappa shape index (κ2) is 5.72. The maximum atomic E-state index is 8.98. The molecule has 0 saturated carbocycles. The van der Waals surface area contributed by atoms with Crippen LogP contribution in [0.4, 0.5) is 11.9 Å². The van der Waals surface area contributed by atoms with Crippen molar-refractivity contribution < 1.29 is 4.74 Å². The van der Waals surface area contributed by atoms with Crippen LogP contribution in [-0.2, 0) is 4.74 Å². The van der Waals surface area contributed by atoms with Crippen molar-refractivity contribution in [3.8, 4) is 12.0 Å². The fourth-order valence-electron chi connectivity index (χ4n) is 2.01. The molecule has 9 nitrogen and oxygen atoms in total. The lowest BCUT2D eigenvalue weighted by Crippen LogP contribution is -2.43. The van der Waals surface area contributed by atoms with Crippen LogP contribution in [0.1, 0.15) is 0 Å². The minimum Gasteiger partial charge on any atom is -0.360 e. The van der Waals surface area contributed by atoms with Crippen molar-refractivity contribution in [2.45, 2.75) is 6.10 Å². The van der Waals surface area contributed by atoms with Gasteiger partial charge in [0.1, 0.15) is 0 Å². The highest BCUT2D eigenvalue weighted by molar-refractivity contribution is 5.40. The Balaban J connectivity index is 1.94. The van der Waals surface area contributed by atoms with E-state index in [4.69, 9.17) is 10.00 Å². The van der Waals surface area contributed by atoms with E-state index in [1.165, 1.54) is 0 Å². The summed E-state index contributed by atoms with van der Waals surface area (Å²) < 4.78 is 6.89. The monoisotopic (exact) mass is 286 g/mol. The second-order valence-corrected chi connectivity index (χ2v) is 4.39. The van der Waals surface area contributed by atoms with E-state index in [-0.39, 0.29) is 0 Å². The van der Waals surface area contributed by atoms with E-state index in [9.17, 15) is 0 Å². The van der Waals surface area contributed by atoms with Crippen molar-refractivity contribution in [1.82, 2.24) is 24.7 Å². The maximum absolute atomic E-state index is 8.98. The Morgan fingerprint density at radius 1 is 1.38 bits per heavy atom. The van der Waals surface area contributed by atoms with Gasteiger partial charge in [-0.3, -0.25) is 0 Å². The van der Waals surface area contributed by atoms with Crippen LogP contribution in [0.15, 0.2) is 18.5 Å². The van der Waals surface area contributed by atoms with Crippen LogP contribution in [-0.4, -0.2) is 57.6 Å². The minimum atomic E-state index is -0.471. The quantitative estimate of drug-likeness (QED) is 0.829. The molecule has 0 amide bonds. The van der Waals surface area contributed by atoms with Gasteiger partial charge in [-0.25, -0.2) is 4.68 Å². The first kappa shape index (κ1) is 13.3. The third-order valence-corrected chi connectivity index (χ3v) is 3.04. The zero-order valence-corrected chi connectivity index (χ0v) is 11.5. The third kappa shape index (κ3) is 2.75. The fraction of sp³-hybridized carbons (Fsp3) is 0.417. The molecule has 3 heterocycles. The lowest BCUT2D eigenvalue weighted by Gasteiger charge is -2.29. The standard InChI is InChI=1S/C12H14N8O/c1-14-10-16-11(19-5-6-21-9(7-13)8-19)18-12(17-10)20-4-2-3-15-20/h2-4,9H,5-6,8H2,1H3,(H,14,16,17,18). The fourth-order valence-corrected chi connectivity index (χ4v) is 2.01. The van der Waals surface area contributed by atoms with Crippen LogP contribution in [0.3, 0.4) is 0 Å². The molecule has 1 aliphatic heterocycles.